The first-order chi connectivity index (χ1) is 9.72. The molecule has 3 heterocycles. The summed E-state index contributed by atoms with van der Waals surface area (Å²) in [5.74, 6) is -0.536. The van der Waals surface area contributed by atoms with Crippen molar-refractivity contribution >= 4 is 17.2 Å². The number of rotatable bonds is 4. The van der Waals surface area contributed by atoms with Crippen LogP contribution in [0.4, 0.5) is 0 Å². The van der Waals surface area contributed by atoms with Crippen LogP contribution in [0.3, 0.4) is 0 Å². The molecule has 0 atom stereocenters. The highest BCUT2D eigenvalue weighted by Crippen LogP contribution is 2.09. The first-order valence-corrected chi connectivity index (χ1v) is 6.46. The third-order valence-corrected chi connectivity index (χ3v) is 3.30. The van der Waals surface area contributed by atoms with Crippen LogP contribution in [0.25, 0.3) is 0 Å². The standard InChI is InChI=1S/C10H9N7O2S/c18-9(14-17-6-11-13-10(17)19)8-5-16(15-12-8)4-7-2-1-3-20-7/h1-3,5-6H,4H2,(H,13,19)(H,14,18). The van der Waals surface area contributed by atoms with Crippen molar-refractivity contribution in [3.05, 3.63) is 51.1 Å². The van der Waals surface area contributed by atoms with Gasteiger partial charge in [0.15, 0.2) is 5.69 Å². The van der Waals surface area contributed by atoms with Crippen LogP contribution in [0.2, 0.25) is 0 Å². The van der Waals surface area contributed by atoms with Crippen molar-refractivity contribution in [1.82, 2.24) is 29.9 Å². The zero-order chi connectivity index (χ0) is 13.9. The van der Waals surface area contributed by atoms with Crippen molar-refractivity contribution < 1.29 is 4.79 Å². The maximum absolute atomic E-state index is 11.9. The van der Waals surface area contributed by atoms with Gasteiger partial charge in [-0.25, -0.2) is 14.6 Å². The Balaban J connectivity index is 1.71. The Morgan fingerprint density at radius 3 is 3.10 bits per heavy atom. The molecule has 0 aromatic carbocycles. The molecule has 2 N–H and O–H groups in total. The molecule has 0 saturated carbocycles. The van der Waals surface area contributed by atoms with Gasteiger partial charge < -0.3 is 0 Å². The molecule has 0 spiro atoms. The van der Waals surface area contributed by atoms with E-state index in [0.717, 1.165) is 15.9 Å². The molecular formula is C10H9N7O2S. The normalized spacial score (nSPS) is 10.6. The molecule has 0 radical (unpaired) electrons. The van der Waals surface area contributed by atoms with Gasteiger partial charge in [-0.05, 0) is 11.4 Å². The quantitative estimate of drug-likeness (QED) is 0.683. The Morgan fingerprint density at radius 1 is 1.50 bits per heavy atom. The molecule has 10 heteroatoms. The smallest absolute Gasteiger partial charge is 0.265 e. The molecule has 0 saturated heterocycles. The SMILES string of the molecule is O=C(Nn1cn[nH]c1=O)c1cn(Cc2cccs2)nn1. The van der Waals surface area contributed by atoms with Gasteiger partial charge in [-0.1, -0.05) is 11.3 Å². The molecule has 9 nitrogen and oxygen atoms in total. The maximum Gasteiger partial charge on any atom is 0.362 e. The molecule has 0 aliphatic carbocycles. The number of nitrogens with one attached hydrogen (secondary N) is 2. The molecule has 3 rings (SSSR count). The number of carbonyl (C=O) groups excluding carboxylic acids is 1. The van der Waals surface area contributed by atoms with Gasteiger partial charge in [-0.3, -0.25) is 10.2 Å². The maximum atomic E-state index is 11.9. The Labute approximate surface area is 115 Å². The van der Waals surface area contributed by atoms with Crippen LogP contribution in [-0.2, 0) is 6.54 Å². The molecule has 0 bridgehead atoms. The van der Waals surface area contributed by atoms with E-state index in [1.165, 1.54) is 6.20 Å². The molecule has 1 amide bonds. The summed E-state index contributed by atoms with van der Waals surface area (Å²) in [6.45, 7) is 0.545. The number of amides is 1. The zero-order valence-corrected chi connectivity index (χ0v) is 10.9. The van der Waals surface area contributed by atoms with Gasteiger partial charge in [0, 0.05) is 4.88 Å². The predicted molar refractivity (Wildman–Crippen MR) is 70.0 cm³/mol. The van der Waals surface area contributed by atoms with E-state index < -0.39 is 11.6 Å². The second-order valence-corrected chi connectivity index (χ2v) is 4.89. The number of nitrogens with zero attached hydrogens (tertiary/aromatic N) is 5. The fraction of sp³-hybridized carbons (Fsp3) is 0.100. The lowest BCUT2D eigenvalue weighted by atomic mass is 10.4. The lowest BCUT2D eigenvalue weighted by Crippen LogP contribution is -2.31. The zero-order valence-electron chi connectivity index (χ0n) is 10.1. The van der Waals surface area contributed by atoms with Crippen LogP contribution in [0.5, 0.6) is 0 Å². The van der Waals surface area contributed by atoms with Gasteiger partial charge in [-0.2, -0.15) is 9.77 Å². The van der Waals surface area contributed by atoms with Gasteiger partial charge in [0.05, 0.1) is 12.7 Å². The second-order valence-electron chi connectivity index (χ2n) is 3.85. The van der Waals surface area contributed by atoms with Crippen molar-refractivity contribution in [2.24, 2.45) is 0 Å². The average Bonchev–Trinajstić information content (AvgIpc) is 3.14. The molecule has 0 fully saturated rings. The van der Waals surface area contributed by atoms with Crippen molar-refractivity contribution in [2.45, 2.75) is 6.54 Å². The third-order valence-electron chi connectivity index (χ3n) is 2.44. The summed E-state index contributed by atoms with van der Waals surface area (Å²) in [7, 11) is 0. The highest BCUT2D eigenvalue weighted by Gasteiger charge is 2.12. The molecule has 102 valence electrons. The Hall–Kier alpha value is -2.75. The fourth-order valence-corrected chi connectivity index (χ4v) is 2.23. The molecule has 20 heavy (non-hydrogen) atoms. The summed E-state index contributed by atoms with van der Waals surface area (Å²) >= 11 is 1.59. The van der Waals surface area contributed by atoms with Crippen LogP contribution in [0.1, 0.15) is 15.4 Å². The number of carbonyl (C=O) groups is 1. The van der Waals surface area contributed by atoms with Gasteiger partial charge >= 0.3 is 5.69 Å². The minimum absolute atomic E-state index is 0.120. The minimum Gasteiger partial charge on any atom is -0.265 e. The molecule has 0 aliphatic rings. The molecule has 0 unspecified atom stereocenters. The number of hydrogen-bond donors (Lipinski definition) is 2. The molecule has 3 aromatic heterocycles. The molecular weight excluding hydrogens is 282 g/mol. The summed E-state index contributed by atoms with van der Waals surface area (Å²) in [4.78, 5) is 24.2. The van der Waals surface area contributed by atoms with E-state index in [2.05, 4.69) is 25.9 Å². The summed E-state index contributed by atoms with van der Waals surface area (Å²) in [6, 6.07) is 3.91. The number of hydrogen-bond acceptors (Lipinski definition) is 6. The van der Waals surface area contributed by atoms with Crippen LogP contribution >= 0.6 is 11.3 Å². The number of aromatic nitrogens is 6. The minimum atomic E-state index is -0.538. The van der Waals surface area contributed by atoms with Gasteiger partial charge in [0.2, 0.25) is 0 Å². The fourth-order valence-electron chi connectivity index (χ4n) is 1.54. The van der Waals surface area contributed by atoms with Gasteiger partial charge in [0.25, 0.3) is 5.91 Å². The highest BCUT2D eigenvalue weighted by molar-refractivity contribution is 7.09. The Morgan fingerprint density at radius 2 is 2.40 bits per heavy atom. The molecule has 3 aromatic rings. The van der Waals surface area contributed by atoms with E-state index >= 15 is 0 Å². The van der Waals surface area contributed by atoms with Gasteiger partial charge in [0.1, 0.15) is 6.33 Å². The van der Waals surface area contributed by atoms with Crippen LogP contribution < -0.4 is 11.1 Å². The van der Waals surface area contributed by atoms with E-state index in [-0.39, 0.29) is 5.69 Å². The first kappa shape index (κ1) is 12.3. The number of aromatic amines is 1. The molecule has 0 aliphatic heterocycles. The summed E-state index contributed by atoms with van der Waals surface area (Å²) in [6.07, 6.45) is 2.68. The monoisotopic (exact) mass is 291 g/mol. The van der Waals surface area contributed by atoms with Crippen LogP contribution in [0.15, 0.2) is 34.8 Å². The largest absolute Gasteiger partial charge is 0.362 e. The van der Waals surface area contributed by atoms with Crippen molar-refractivity contribution in [3.63, 3.8) is 0 Å². The lowest BCUT2D eigenvalue weighted by molar-refractivity contribution is 0.100. The van der Waals surface area contributed by atoms with E-state index in [1.807, 2.05) is 17.5 Å². The van der Waals surface area contributed by atoms with Crippen molar-refractivity contribution in [2.75, 3.05) is 5.43 Å². The van der Waals surface area contributed by atoms with Crippen LogP contribution in [0, 0.1) is 0 Å². The second kappa shape index (κ2) is 5.09. The third kappa shape index (κ3) is 2.49. The van der Waals surface area contributed by atoms with Crippen LogP contribution in [-0.4, -0.2) is 35.8 Å². The predicted octanol–water partition coefficient (Wildman–Crippen LogP) is -0.343. The topological polar surface area (TPSA) is 110 Å². The van der Waals surface area contributed by atoms with E-state index in [0.29, 0.717) is 6.54 Å². The Bertz CT molecular complexity index is 769. The van der Waals surface area contributed by atoms with Gasteiger partial charge in [-0.15, -0.1) is 16.4 Å². The summed E-state index contributed by atoms with van der Waals surface area (Å²) in [5, 5.41) is 15.3. The van der Waals surface area contributed by atoms with E-state index in [9.17, 15) is 9.59 Å². The van der Waals surface area contributed by atoms with E-state index in [1.54, 1.807) is 16.0 Å². The first-order valence-electron chi connectivity index (χ1n) is 5.58. The Kier molecular flexibility index (Phi) is 3.13. The highest BCUT2D eigenvalue weighted by atomic mass is 32.1. The van der Waals surface area contributed by atoms with Crippen molar-refractivity contribution in [3.8, 4) is 0 Å². The summed E-state index contributed by atoms with van der Waals surface area (Å²) < 4.78 is 2.49. The van der Waals surface area contributed by atoms with E-state index in [4.69, 9.17) is 0 Å². The van der Waals surface area contributed by atoms with Crippen molar-refractivity contribution in [1.29, 1.82) is 0 Å². The average molecular weight is 291 g/mol. The number of thiophene rings is 1. The summed E-state index contributed by atoms with van der Waals surface area (Å²) in [5.41, 5.74) is 1.92. The number of H-pyrrole nitrogens is 1. The lowest BCUT2D eigenvalue weighted by Gasteiger charge is -1.99.